The molecule has 0 heterocycles. The molecule has 0 aliphatic heterocycles. The highest BCUT2D eigenvalue weighted by Gasteiger charge is 2.41. The monoisotopic (exact) mass is 424 g/mol. The Labute approximate surface area is 188 Å². The normalized spacial score (nSPS) is 27.4. The third kappa shape index (κ3) is 6.54. The molecule has 170 valence electrons. The second-order valence-corrected chi connectivity index (χ2v) is 10.3. The highest BCUT2D eigenvalue weighted by atomic mass is 16.5. The smallest absolute Gasteiger partial charge is 0.330 e. The lowest BCUT2D eigenvalue weighted by atomic mass is 9.64. The van der Waals surface area contributed by atoms with Crippen molar-refractivity contribution in [2.24, 2.45) is 17.8 Å². The molecule has 2 aliphatic rings. The second kappa shape index (κ2) is 11.1. The summed E-state index contributed by atoms with van der Waals surface area (Å²) in [6.45, 7) is 6.83. The molecule has 4 atom stereocenters. The molecule has 1 aromatic carbocycles. The summed E-state index contributed by atoms with van der Waals surface area (Å²) < 4.78 is 6.02. The lowest BCUT2D eigenvalue weighted by Crippen LogP contribution is -2.43. The molecule has 0 N–H and O–H groups in total. The molecular weight excluding hydrogens is 384 g/mol. The van der Waals surface area contributed by atoms with Crippen molar-refractivity contribution >= 4 is 11.8 Å². The molecular formula is C28H40O3. The number of unbranched alkanes of at least 4 members (excludes halogenated alkanes) is 1. The number of ether oxygens (including phenoxy) is 1. The Bertz CT molecular complexity index is 749. The number of hydrogen-bond donors (Lipinski definition) is 0. The van der Waals surface area contributed by atoms with Crippen molar-refractivity contribution in [1.82, 2.24) is 0 Å². The number of allylic oxidation sites excluding steroid dienone is 1. The zero-order valence-corrected chi connectivity index (χ0v) is 19.6. The highest BCUT2D eigenvalue weighted by molar-refractivity contribution is 5.82. The molecule has 2 saturated carbocycles. The average Bonchev–Trinajstić information content (AvgIpc) is 2.75. The Kier molecular flexibility index (Phi) is 8.51. The Morgan fingerprint density at radius 3 is 2.65 bits per heavy atom. The number of carbonyl (C=O) groups excluding carboxylic acids is 2. The molecule has 2 fully saturated rings. The van der Waals surface area contributed by atoms with Crippen molar-refractivity contribution in [1.29, 1.82) is 0 Å². The minimum Gasteiger partial charge on any atom is -0.459 e. The summed E-state index contributed by atoms with van der Waals surface area (Å²) in [4.78, 5) is 24.5. The van der Waals surface area contributed by atoms with Crippen LogP contribution in [0.1, 0.15) is 90.5 Å². The van der Waals surface area contributed by atoms with Crippen molar-refractivity contribution in [3.05, 3.63) is 48.0 Å². The van der Waals surface area contributed by atoms with E-state index in [9.17, 15) is 9.59 Å². The number of ketones is 1. The van der Waals surface area contributed by atoms with E-state index in [0.717, 1.165) is 51.4 Å². The Hall–Kier alpha value is -1.90. The van der Waals surface area contributed by atoms with E-state index < -0.39 is 0 Å². The maximum atomic E-state index is 12.6. The maximum Gasteiger partial charge on any atom is 0.330 e. The first-order chi connectivity index (χ1) is 14.9. The minimum atomic E-state index is -0.221. The van der Waals surface area contributed by atoms with Crippen molar-refractivity contribution < 1.29 is 14.3 Å². The molecule has 1 aromatic rings. The van der Waals surface area contributed by atoms with E-state index in [1.807, 2.05) is 6.08 Å². The molecule has 3 rings (SSSR count). The number of Topliss-reactive ketones (excluding diaryl/α,β-unsaturated/α-hetero) is 1. The van der Waals surface area contributed by atoms with Crippen LogP contribution in [0.15, 0.2) is 42.5 Å². The largest absolute Gasteiger partial charge is 0.459 e. The zero-order valence-electron chi connectivity index (χ0n) is 19.6. The molecule has 1 unspecified atom stereocenters. The van der Waals surface area contributed by atoms with Crippen LogP contribution in [0.25, 0.3) is 0 Å². The van der Waals surface area contributed by atoms with Gasteiger partial charge in [0, 0.05) is 24.3 Å². The fourth-order valence-corrected chi connectivity index (χ4v) is 5.58. The molecule has 0 amide bonds. The van der Waals surface area contributed by atoms with Gasteiger partial charge < -0.3 is 4.74 Å². The van der Waals surface area contributed by atoms with Gasteiger partial charge in [-0.3, -0.25) is 4.79 Å². The van der Waals surface area contributed by atoms with Gasteiger partial charge in [-0.25, -0.2) is 4.79 Å². The summed E-state index contributed by atoms with van der Waals surface area (Å²) in [5, 5.41) is 0. The lowest BCUT2D eigenvalue weighted by molar-refractivity contribution is -0.150. The predicted octanol–water partition coefficient (Wildman–Crippen LogP) is 6.80. The summed E-state index contributed by atoms with van der Waals surface area (Å²) in [7, 11) is 0. The number of benzene rings is 1. The van der Waals surface area contributed by atoms with E-state index in [-0.39, 0.29) is 23.4 Å². The van der Waals surface area contributed by atoms with Crippen LogP contribution in [0.3, 0.4) is 0 Å². The molecule has 0 spiro atoms. The van der Waals surface area contributed by atoms with Gasteiger partial charge in [-0.1, -0.05) is 70.0 Å². The summed E-state index contributed by atoms with van der Waals surface area (Å²) >= 11 is 0. The molecule has 2 aliphatic carbocycles. The predicted molar refractivity (Wildman–Crippen MR) is 126 cm³/mol. The van der Waals surface area contributed by atoms with Gasteiger partial charge in [0.1, 0.15) is 11.9 Å². The van der Waals surface area contributed by atoms with Gasteiger partial charge in [-0.2, -0.15) is 0 Å². The van der Waals surface area contributed by atoms with Gasteiger partial charge in [0.05, 0.1) is 0 Å². The van der Waals surface area contributed by atoms with Gasteiger partial charge in [-0.15, -0.1) is 0 Å². The quantitative estimate of drug-likeness (QED) is 0.262. The maximum absolute atomic E-state index is 12.6. The zero-order chi connectivity index (χ0) is 22.3. The van der Waals surface area contributed by atoms with Crippen molar-refractivity contribution in [3.63, 3.8) is 0 Å². The summed E-state index contributed by atoms with van der Waals surface area (Å²) in [6, 6.07) is 10.6. The molecule has 0 radical (unpaired) electrons. The standard InChI is InChI=1S/C28H40O3/c1-21-18-19-24(28(2,3)23-14-7-5-8-15-23)26(20-21)31-27(30)17-9-4-6-12-22-13-10-11-16-25(22)29/h5,7-9,14-15,17,21-22,24,26H,4,6,10-13,16,18-20H2,1-3H3/b17-9+/t21-,22?,24-,26-/m1/s1. The van der Waals surface area contributed by atoms with E-state index in [0.29, 0.717) is 17.6 Å². The van der Waals surface area contributed by atoms with Crippen LogP contribution in [0, 0.1) is 17.8 Å². The van der Waals surface area contributed by atoms with E-state index in [4.69, 9.17) is 4.74 Å². The number of hydrogen-bond acceptors (Lipinski definition) is 3. The third-order valence-electron chi connectivity index (χ3n) is 7.62. The Balaban J connectivity index is 1.52. The molecule has 0 aromatic heterocycles. The van der Waals surface area contributed by atoms with Crippen molar-refractivity contribution in [2.45, 2.75) is 96.5 Å². The number of carbonyl (C=O) groups is 2. The lowest BCUT2D eigenvalue weighted by Gasteiger charge is -2.43. The van der Waals surface area contributed by atoms with E-state index in [1.165, 1.54) is 18.4 Å². The van der Waals surface area contributed by atoms with Gasteiger partial charge in [0.15, 0.2) is 0 Å². The van der Waals surface area contributed by atoms with Crippen LogP contribution >= 0.6 is 0 Å². The molecule has 31 heavy (non-hydrogen) atoms. The van der Waals surface area contributed by atoms with Crippen LogP contribution in [0.5, 0.6) is 0 Å². The molecule has 3 nitrogen and oxygen atoms in total. The SMILES string of the molecule is C[C@@H]1CC[C@@H](C(C)(C)c2ccccc2)[C@H](OC(=O)/C=C/CCCC2CCCCC2=O)C1. The molecule has 0 saturated heterocycles. The van der Waals surface area contributed by atoms with Gasteiger partial charge in [0.2, 0.25) is 0 Å². The van der Waals surface area contributed by atoms with Crippen molar-refractivity contribution in [3.8, 4) is 0 Å². The molecule has 0 bridgehead atoms. The summed E-state index contributed by atoms with van der Waals surface area (Å²) in [5.41, 5.74) is 1.27. The van der Waals surface area contributed by atoms with Crippen LogP contribution in [-0.2, 0) is 19.7 Å². The Morgan fingerprint density at radius 1 is 1.13 bits per heavy atom. The van der Waals surface area contributed by atoms with Crippen LogP contribution < -0.4 is 0 Å². The fourth-order valence-electron chi connectivity index (χ4n) is 5.58. The average molecular weight is 425 g/mol. The van der Waals surface area contributed by atoms with Gasteiger partial charge >= 0.3 is 5.97 Å². The van der Waals surface area contributed by atoms with Crippen molar-refractivity contribution in [2.75, 3.05) is 0 Å². The summed E-state index contributed by atoms with van der Waals surface area (Å²) in [6.07, 6.45) is 13.5. The van der Waals surface area contributed by atoms with Crippen LogP contribution in [0.2, 0.25) is 0 Å². The molecule has 3 heteroatoms. The first-order valence-corrected chi connectivity index (χ1v) is 12.3. The van der Waals surface area contributed by atoms with E-state index in [2.05, 4.69) is 51.1 Å². The first-order valence-electron chi connectivity index (χ1n) is 12.3. The summed E-state index contributed by atoms with van der Waals surface area (Å²) in [5.74, 6) is 1.37. The third-order valence-corrected chi connectivity index (χ3v) is 7.62. The van der Waals surface area contributed by atoms with Gasteiger partial charge in [0.25, 0.3) is 0 Å². The topological polar surface area (TPSA) is 43.4 Å². The van der Waals surface area contributed by atoms with Crippen LogP contribution in [0.4, 0.5) is 0 Å². The first kappa shape index (κ1) is 23.8. The minimum absolute atomic E-state index is 0.0391. The van der Waals surface area contributed by atoms with Crippen LogP contribution in [-0.4, -0.2) is 17.9 Å². The highest BCUT2D eigenvalue weighted by Crippen LogP contribution is 2.43. The van der Waals surface area contributed by atoms with Gasteiger partial charge in [-0.05, 0) is 61.8 Å². The Morgan fingerprint density at radius 2 is 1.90 bits per heavy atom. The van der Waals surface area contributed by atoms with E-state index >= 15 is 0 Å². The van der Waals surface area contributed by atoms with E-state index in [1.54, 1.807) is 6.08 Å². The number of esters is 1. The number of rotatable bonds is 8. The fraction of sp³-hybridized carbons (Fsp3) is 0.643. The second-order valence-electron chi connectivity index (χ2n) is 10.3.